The molecular formula is C8H9NO3S. The van der Waals surface area contributed by atoms with Crippen LogP contribution in [0.2, 0.25) is 0 Å². The van der Waals surface area contributed by atoms with Gasteiger partial charge in [-0.05, 0) is 24.5 Å². The van der Waals surface area contributed by atoms with E-state index in [9.17, 15) is 4.79 Å². The smallest absolute Gasteiger partial charge is 0.335 e. The maximum absolute atomic E-state index is 10.6. The van der Waals surface area contributed by atoms with Gasteiger partial charge >= 0.3 is 5.97 Å². The molecule has 70 valence electrons. The largest absolute Gasteiger partial charge is 0.478 e. The molecule has 0 saturated heterocycles. The predicted octanol–water partition coefficient (Wildman–Crippen LogP) is 1.91. The minimum absolute atomic E-state index is 0.148. The predicted molar refractivity (Wildman–Crippen MR) is 50.6 cm³/mol. The number of aromatic carboxylic acids is 1. The lowest BCUT2D eigenvalue weighted by molar-refractivity contribution is 0.0697. The van der Waals surface area contributed by atoms with Gasteiger partial charge < -0.3 is 5.11 Å². The molecule has 0 aliphatic carbocycles. The lowest BCUT2D eigenvalue weighted by Gasteiger charge is -2.05. The fourth-order valence-electron chi connectivity index (χ4n) is 0.928. The average molecular weight is 199 g/mol. The lowest BCUT2D eigenvalue weighted by Crippen LogP contribution is -1.99. The van der Waals surface area contributed by atoms with E-state index in [2.05, 4.69) is 0 Å². The number of thioether (sulfide) groups is 1. The van der Waals surface area contributed by atoms with Crippen LogP contribution in [0.4, 0.5) is 5.69 Å². The van der Waals surface area contributed by atoms with Crippen molar-refractivity contribution in [2.24, 2.45) is 0 Å². The zero-order valence-corrected chi connectivity index (χ0v) is 7.76. The lowest BCUT2D eigenvalue weighted by atomic mass is 10.2. The summed E-state index contributed by atoms with van der Waals surface area (Å²) >= 11 is 1.42. The van der Waals surface area contributed by atoms with E-state index >= 15 is 0 Å². The fourth-order valence-corrected chi connectivity index (χ4v) is 1.46. The number of benzene rings is 1. The molecule has 0 aliphatic rings. The minimum atomic E-state index is -1.01. The van der Waals surface area contributed by atoms with Crippen LogP contribution in [0.15, 0.2) is 23.1 Å². The number of nitrogens with one attached hydrogen (secondary N) is 1. The molecule has 3 N–H and O–H groups in total. The molecule has 1 rings (SSSR count). The second-order valence-electron chi connectivity index (χ2n) is 2.33. The van der Waals surface area contributed by atoms with E-state index in [1.54, 1.807) is 6.07 Å². The third-order valence-electron chi connectivity index (χ3n) is 1.57. The van der Waals surface area contributed by atoms with Crippen LogP contribution < -0.4 is 5.48 Å². The summed E-state index contributed by atoms with van der Waals surface area (Å²) in [5.74, 6) is -1.01. The van der Waals surface area contributed by atoms with Crippen LogP contribution in [0, 0.1) is 0 Å². The number of carboxylic acid groups (broad SMARTS) is 1. The third kappa shape index (κ3) is 2.13. The highest BCUT2D eigenvalue weighted by Gasteiger charge is 2.06. The molecule has 4 nitrogen and oxygen atoms in total. The van der Waals surface area contributed by atoms with Crippen molar-refractivity contribution < 1.29 is 15.1 Å². The van der Waals surface area contributed by atoms with Gasteiger partial charge in [-0.2, -0.15) is 0 Å². The number of rotatable bonds is 3. The van der Waals surface area contributed by atoms with Crippen molar-refractivity contribution in [3.05, 3.63) is 23.8 Å². The van der Waals surface area contributed by atoms with Gasteiger partial charge in [-0.15, -0.1) is 11.8 Å². The first-order valence-electron chi connectivity index (χ1n) is 3.50. The van der Waals surface area contributed by atoms with Crippen LogP contribution in [0.3, 0.4) is 0 Å². The minimum Gasteiger partial charge on any atom is -0.478 e. The van der Waals surface area contributed by atoms with Crippen molar-refractivity contribution in [2.45, 2.75) is 4.90 Å². The van der Waals surface area contributed by atoms with Gasteiger partial charge in [0, 0.05) is 4.90 Å². The molecule has 1 aromatic carbocycles. The first-order valence-corrected chi connectivity index (χ1v) is 4.73. The van der Waals surface area contributed by atoms with E-state index in [0.29, 0.717) is 5.69 Å². The Labute approximate surface area is 79.5 Å². The normalized spacial score (nSPS) is 9.69. The van der Waals surface area contributed by atoms with Crippen LogP contribution in [-0.4, -0.2) is 22.5 Å². The monoisotopic (exact) mass is 199 g/mol. The van der Waals surface area contributed by atoms with Gasteiger partial charge in [0.15, 0.2) is 0 Å². The Bertz CT molecular complexity index is 327. The maximum atomic E-state index is 10.6. The number of hydrogen-bond donors (Lipinski definition) is 3. The van der Waals surface area contributed by atoms with Crippen molar-refractivity contribution in [1.82, 2.24) is 0 Å². The molecular weight excluding hydrogens is 190 g/mol. The van der Waals surface area contributed by atoms with Crippen molar-refractivity contribution >= 4 is 23.4 Å². The molecule has 0 spiro atoms. The highest BCUT2D eigenvalue weighted by molar-refractivity contribution is 7.98. The van der Waals surface area contributed by atoms with Crippen LogP contribution >= 0.6 is 11.8 Å². The highest BCUT2D eigenvalue weighted by Crippen LogP contribution is 2.25. The molecule has 0 heterocycles. The van der Waals surface area contributed by atoms with Gasteiger partial charge in [-0.1, -0.05) is 0 Å². The molecule has 0 unspecified atom stereocenters. The first-order chi connectivity index (χ1) is 6.19. The zero-order valence-electron chi connectivity index (χ0n) is 6.94. The molecule has 0 amide bonds. The summed E-state index contributed by atoms with van der Waals surface area (Å²) in [6.07, 6.45) is 1.84. The number of anilines is 1. The standard InChI is InChI=1S/C8H9NO3S/c1-13-7-3-2-5(8(10)11)4-6(7)9-12/h2-4,9,12H,1H3,(H,10,11). The van der Waals surface area contributed by atoms with Crippen LogP contribution in [-0.2, 0) is 0 Å². The Morgan fingerprint density at radius 2 is 2.23 bits per heavy atom. The van der Waals surface area contributed by atoms with E-state index < -0.39 is 5.97 Å². The van der Waals surface area contributed by atoms with Gasteiger partial charge in [0.25, 0.3) is 0 Å². The Morgan fingerprint density at radius 3 is 2.69 bits per heavy atom. The third-order valence-corrected chi connectivity index (χ3v) is 2.36. The zero-order chi connectivity index (χ0) is 9.84. The van der Waals surface area contributed by atoms with E-state index in [4.69, 9.17) is 10.3 Å². The molecule has 1 aromatic rings. The van der Waals surface area contributed by atoms with Crippen LogP contribution in [0.1, 0.15) is 10.4 Å². The fraction of sp³-hybridized carbons (Fsp3) is 0.125. The first kappa shape index (κ1) is 9.88. The van der Waals surface area contributed by atoms with Gasteiger partial charge in [0.05, 0.1) is 11.3 Å². The summed E-state index contributed by atoms with van der Waals surface area (Å²) in [5.41, 5.74) is 2.51. The number of hydrogen-bond acceptors (Lipinski definition) is 4. The van der Waals surface area contributed by atoms with E-state index in [1.165, 1.54) is 23.9 Å². The summed E-state index contributed by atoms with van der Waals surface area (Å²) in [6, 6.07) is 4.52. The second-order valence-corrected chi connectivity index (χ2v) is 3.18. The van der Waals surface area contributed by atoms with Crippen molar-refractivity contribution in [3.63, 3.8) is 0 Å². The van der Waals surface area contributed by atoms with Gasteiger partial charge in [0.2, 0.25) is 0 Å². The van der Waals surface area contributed by atoms with Crippen molar-refractivity contribution in [2.75, 3.05) is 11.7 Å². The van der Waals surface area contributed by atoms with E-state index in [0.717, 1.165) is 4.90 Å². The molecule has 13 heavy (non-hydrogen) atoms. The Morgan fingerprint density at radius 1 is 1.54 bits per heavy atom. The molecule has 0 aliphatic heterocycles. The topological polar surface area (TPSA) is 69.6 Å². The number of carboxylic acids is 1. The molecule has 0 aromatic heterocycles. The van der Waals surface area contributed by atoms with Crippen LogP contribution in [0.25, 0.3) is 0 Å². The van der Waals surface area contributed by atoms with E-state index in [-0.39, 0.29) is 5.56 Å². The summed E-state index contributed by atoms with van der Waals surface area (Å²) in [7, 11) is 0. The Hall–Kier alpha value is -1.20. The van der Waals surface area contributed by atoms with Crippen molar-refractivity contribution in [3.8, 4) is 0 Å². The average Bonchev–Trinajstić information content (AvgIpc) is 2.16. The molecule has 0 radical (unpaired) electrons. The van der Waals surface area contributed by atoms with Crippen LogP contribution in [0.5, 0.6) is 0 Å². The second kappa shape index (κ2) is 4.15. The SMILES string of the molecule is CSc1ccc(C(=O)O)cc1NO. The Kier molecular flexibility index (Phi) is 3.16. The van der Waals surface area contributed by atoms with Gasteiger partial charge in [-0.25, -0.2) is 4.79 Å². The number of carbonyl (C=O) groups is 1. The Balaban J connectivity index is 3.13. The maximum Gasteiger partial charge on any atom is 0.335 e. The highest BCUT2D eigenvalue weighted by atomic mass is 32.2. The summed E-state index contributed by atoms with van der Waals surface area (Å²) in [5, 5.41) is 17.4. The van der Waals surface area contributed by atoms with E-state index in [1.807, 2.05) is 11.7 Å². The molecule has 0 atom stereocenters. The molecule has 0 bridgehead atoms. The summed E-state index contributed by atoms with van der Waals surface area (Å²) in [4.78, 5) is 11.4. The molecule has 5 heteroatoms. The molecule has 0 saturated carbocycles. The quantitative estimate of drug-likeness (QED) is 0.512. The summed E-state index contributed by atoms with van der Waals surface area (Å²) in [6.45, 7) is 0. The van der Waals surface area contributed by atoms with Gasteiger partial charge in [-0.3, -0.25) is 10.7 Å². The summed E-state index contributed by atoms with van der Waals surface area (Å²) < 4.78 is 0. The van der Waals surface area contributed by atoms with Gasteiger partial charge in [0.1, 0.15) is 0 Å². The molecule has 0 fully saturated rings. The van der Waals surface area contributed by atoms with Crippen molar-refractivity contribution in [1.29, 1.82) is 0 Å².